The first-order valence-electron chi connectivity index (χ1n) is 8.90. The van der Waals surface area contributed by atoms with Gasteiger partial charge in [-0.2, -0.15) is 0 Å². The molecule has 2 aromatic carbocycles. The number of carbonyl (C=O) groups excluding carboxylic acids is 1. The van der Waals surface area contributed by atoms with E-state index in [-0.39, 0.29) is 53.3 Å². The number of hydrogen-bond donors (Lipinski definition) is 2. The molecule has 3 rings (SSSR count). The van der Waals surface area contributed by atoms with E-state index < -0.39 is 5.97 Å². The van der Waals surface area contributed by atoms with Crippen LogP contribution in [0, 0.1) is 0 Å². The molecule has 2 N–H and O–H groups in total. The Morgan fingerprint density at radius 2 is 1.41 bits per heavy atom. The van der Waals surface area contributed by atoms with Gasteiger partial charge in [0.1, 0.15) is 0 Å². The van der Waals surface area contributed by atoms with Crippen molar-refractivity contribution in [3.8, 4) is 0 Å². The number of rotatable bonds is 3. The maximum absolute atomic E-state index is 12.5. The van der Waals surface area contributed by atoms with Crippen LogP contribution in [0.5, 0.6) is 0 Å². The summed E-state index contributed by atoms with van der Waals surface area (Å²) in [5.41, 5.74) is 4.22. The number of anilines is 1. The summed E-state index contributed by atoms with van der Waals surface area (Å²) in [6.45, 7) is 9.03. The summed E-state index contributed by atoms with van der Waals surface area (Å²) in [5, 5.41) is 11.9. The quantitative estimate of drug-likeness (QED) is 0.808. The molecule has 2 aromatic rings. The molecular weight excluding hydrogens is 349 g/mol. The van der Waals surface area contributed by atoms with E-state index in [0.29, 0.717) is 5.56 Å². The Kier molecular flexibility index (Phi) is 6.25. The number of carboxylic acids is 1. The number of carboxylic acid groups (broad SMARTS) is 1. The molecule has 1 aliphatic carbocycles. The second-order valence-corrected chi connectivity index (χ2v) is 8.36. The Bertz CT molecular complexity index is 876. The van der Waals surface area contributed by atoms with E-state index in [1.165, 1.54) is 35.4 Å². The third-order valence-corrected chi connectivity index (χ3v) is 5.50. The molecule has 1 amide bonds. The van der Waals surface area contributed by atoms with Crippen LogP contribution in [0.4, 0.5) is 5.69 Å². The van der Waals surface area contributed by atoms with Crippen molar-refractivity contribution in [2.75, 3.05) is 5.32 Å². The molecule has 0 aliphatic heterocycles. The first-order valence-corrected chi connectivity index (χ1v) is 8.90. The third-order valence-electron chi connectivity index (χ3n) is 5.50. The largest absolute Gasteiger partial charge is 1.00 e. The number of aromatic carboxylic acids is 1. The van der Waals surface area contributed by atoms with Crippen molar-refractivity contribution in [1.82, 2.24) is 0 Å². The third kappa shape index (κ3) is 4.45. The summed E-state index contributed by atoms with van der Waals surface area (Å²) < 4.78 is 0. The second kappa shape index (κ2) is 7.78. The fourth-order valence-corrected chi connectivity index (χ4v) is 3.63. The van der Waals surface area contributed by atoms with Gasteiger partial charge in [-0.15, -0.1) is 0 Å². The molecule has 138 valence electrons. The molecule has 5 heteroatoms. The van der Waals surface area contributed by atoms with E-state index in [4.69, 9.17) is 5.11 Å². The van der Waals surface area contributed by atoms with Gasteiger partial charge in [-0.1, -0.05) is 33.8 Å². The van der Waals surface area contributed by atoms with Crippen molar-refractivity contribution in [2.24, 2.45) is 0 Å². The monoisotopic (exact) mass is 375 g/mol. The van der Waals surface area contributed by atoms with Crippen LogP contribution < -0.4 is 34.9 Å². The fourth-order valence-electron chi connectivity index (χ4n) is 3.63. The average Bonchev–Trinajstić information content (AvgIpc) is 2.59. The van der Waals surface area contributed by atoms with Gasteiger partial charge in [-0.25, -0.2) is 4.79 Å². The van der Waals surface area contributed by atoms with Crippen LogP contribution in [-0.2, 0) is 10.8 Å². The molecule has 27 heavy (non-hydrogen) atoms. The summed E-state index contributed by atoms with van der Waals surface area (Å²) in [4.78, 5) is 23.4. The van der Waals surface area contributed by atoms with Crippen LogP contribution in [-0.4, -0.2) is 17.0 Å². The van der Waals surface area contributed by atoms with Crippen molar-refractivity contribution in [2.45, 2.75) is 51.4 Å². The van der Waals surface area contributed by atoms with Gasteiger partial charge in [-0.3, -0.25) is 4.79 Å². The van der Waals surface area contributed by atoms with Gasteiger partial charge in [-0.05, 0) is 71.2 Å². The van der Waals surface area contributed by atoms with E-state index in [1.54, 1.807) is 0 Å². The molecule has 0 aromatic heterocycles. The summed E-state index contributed by atoms with van der Waals surface area (Å²) in [6, 6.07) is 12.1. The van der Waals surface area contributed by atoms with E-state index in [1.807, 2.05) is 6.07 Å². The maximum Gasteiger partial charge on any atom is 1.00 e. The Morgan fingerprint density at radius 1 is 0.889 bits per heavy atom. The van der Waals surface area contributed by atoms with Gasteiger partial charge in [0.05, 0.1) is 5.56 Å². The van der Waals surface area contributed by atoms with Crippen LogP contribution in [0.15, 0.2) is 42.5 Å². The molecule has 0 fully saturated rings. The fraction of sp³-hybridized carbons (Fsp3) is 0.364. The van der Waals surface area contributed by atoms with E-state index in [2.05, 4.69) is 45.1 Å². The zero-order valence-electron chi connectivity index (χ0n) is 17.7. The van der Waals surface area contributed by atoms with Crippen LogP contribution in [0.3, 0.4) is 0 Å². The standard InChI is InChI=1S/C22H25NO3.Na.H/c1-21(2)11-12-22(3,4)18-13-16(9-10-17(18)21)23-19(24)14-5-7-15(8-6-14)20(25)26;;/h5-10,13H,11-12H2,1-4H3,(H,23,24)(H,25,26);;/q;+1;-1. The minimum absolute atomic E-state index is 0. The molecular formula is C22H26NNaO3. The molecule has 0 saturated carbocycles. The predicted molar refractivity (Wildman–Crippen MR) is 104 cm³/mol. The minimum Gasteiger partial charge on any atom is -1.00 e. The molecule has 0 atom stereocenters. The first-order chi connectivity index (χ1) is 12.1. The first kappa shape index (κ1) is 21.7. The SMILES string of the molecule is CC1(C)CCC(C)(C)c2cc(NC(=O)c3ccc(C(=O)O)cc3)ccc21.[H-].[Na+]. The molecule has 1 aliphatic rings. The van der Waals surface area contributed by atoms with Crippen LogP contribution >= 0.6 is 0 Å². The Labute approximate surface area is 184 Å². The van der Waals surface area contributed by atoms with Crippen LogP contribution in [0.1, 0.15) is 73.8 Å². The van der Waals surface area contributed by atoms with Crippen molar-refractivity contribution in [3.05, 3.63) is 64.7 Å². The Balaban J connectivity index is 0.00000196. The molecule has 0 saturated heterocycles. The minimum atomic E-state index is -1.00. The average molecular weight is 375 g/mol. The van der Waals surface area contributed by atoms with E-state index in [9.17, 15) is 9.59 Å². The van der Waals surface area contributed by atoms with E-state index >= 15 is 0 Å². The smallest absolute Gasteiger partial charge is 1.00 e. The van der Waals surface area contributed by atoms with Crippen molar-refractivity contribution >= 4 is 17.6 Å². The molecule has 0 unspecified atom stereocenters. The maximum atomic E-state index is 12.5. The van der Waals surface area contributed by atoms with Gasteiger partial charge < -0.3 is 11.8 Å². The normalized spacial score (nSPS) is 16.6. The van der Waals surface area contributed by atoms with Gasteiger partial charge in [0.2, 0.25) is 0 Å². The van der Waals surface area contributed by atoms with Gasteiger partial charge in [0, 0.05) is 11.3 Å². The van der Waals surface area contributed by atoms with Gasteiger partial charge in [0.25, 0.3) is 5.91 Å². The summed E-state index contributed by atoms with van der Waals surface area (Å²) in [7, 11) is 0. The van der Waals surface area contributed by atoms with Gasteiger partial charge in [0.15, 0.2) is 0 Å². The van der Waals surface area contributed by atoms with Crippen molar-refractivity contribution < 1.29 is 45.7 Å². The van der Waals surface area contributed by atoms with Crippen molar-refractivity contribution in [3.63, 3.8) is 0 Å². The van der Waals surface area contributed by atoms with E-state index in [0.717, 1.165) is 18.5 Å². The number of hydrogen-bond acceptors (Lipinski definition) is 2. The Morgan fingerprint density at radius 3 is 1.96 bits per heavy atom. The topological polar surface area (TPSA) is 66.4 Å². The zero-order valence-corrected chi connectivity index (χ0v) is 18.7. The van der Waals surface area contributed by atoms with Crippen molar-refractivity contribution in [1.29, 1.82) is 0 Å². The summed E-state index contributed by atoms with van der Waals surface area (Å²) in [6.07, 6.45) is 2.26. The number of nitrogens with one attached hydrogen (secondary N) is 1. The Hall–Kier alpha value is -1.62. The number of fused-ring (bicyclic) bond motifs is 1. The summed E-state index contributed by atoms with van der Waals surface area (Å²) >= 11 is 0. The number of amides is 1. The summed E-state index contributed by atoms with van der Waals surface area (Å²) in [5.74, 6) is -1.24. The van der Waals surface area contributed by atoms with Crippen LogP contribution in [0.25, 0.3) is 0 Å². The predicted octanol–water partition coefficient (Wildman–Crippen LogP) is 2.10. The molecule has 0 heterocycles. The zero-order chi connectivity index (χ0) is 19.1. The molecule has 0 bridgehead atoms. The molecule has 4 nitrogen and oxygen atoms in total. The number of carbonyl (C=O) groups is 2. The van der Waals surface area contributed by atoms with Crippen LogP contribution in [0.2, 0.25) is 0 Å². The molecule has 0 spiro atoms. The second-order valence-electron chi connectivity index (χ2n) is 8.36. The van der Waals surface area contributed by atoms with Gasteiger partial charge >= 0.3 is 35.5 Å². The number of benzene rings is 2. The molecule has 0 radical (unpaired) electrons.